The lowest BCUT2D eigenvalue weighted by Crippen LogP contribution is -2.39. The first kappa shape index (κ1) is 23.7. The quantitative estimate of drug-likeness (QED) is 0.373. The van der Waals surface area contributed by atoms with E-state index in [-0.39, 0.29) is 23.7 Å². The number of hydrogen-bond donors (Lipinski definition) is 4. The molecule has 0 radical (unpaired) electrons. The second-order valence-corrected chi connectivity index (χ2v) is 10.0. The minimum atomic E-state index is -1.08. The number of benzene rings is 2. The Morgan fingerprint density at radius 3 is 2.51 bits per heavy atom. The molecule has 2 aromatic carbocycles. The van der Waals surface area contributed by atoms with Crippen LogP contribution in [-0.4, -0.2) is 33.2 Å². The third kappa shape index (κ3) is 4.49. The lowest BCUT2D eigenvalue weighted by molar-refractivity contribution is -0.0229. The third-order valence-electron chi connectivity index (χ3n) is 7.02. The number of aliphatic hydroxyl groups is 2. The fourth-order valence-electron chi connectivity index (χ4n) is 5.00. The molecule has 3 aromatic rings. The van der Waals surface area contributed by atoms with Crippen LogP contribution in [0.1, 0.15) is 62.0 Å². The lowest BCUT2D eigenvalue weighted by Gasteiger charge is -2.24. The molecule has 2 aliphatic rings. The average molecular weight is 482 g/mol. The van der Waals surface area contributed by atoms with Crippen molar-refractivity contribution in [1.29, 1.82) is 0 Å². The van der Waals surface area contributed by atoms with Crippen LogP contribution in [0.3, 0.4) is 0 Å². The van der Waals surface area contributed by atoms with E-state index in [0.717, 1.165) is 36.8 Å². The van der Waals surface area contributed by atoms with Crippen molar-refractivity contribution in [3.8, 4) is 11.5 Å². The van der Waals surface area contributed by atoms with Crippen LogP contribution >= 0.6 is 0 Å². The van der Waals surface area contributed by atoms with E-state index in [1.807, 2.05) is 0 Å². The molecule has 0 bridgehead atoms. The second kappa shape index (κ2) is 9.18. The average Bonchev–Trinajstić information content (AvgIpc) is 3.50. The first-order valence-electron chi connectivity index (χ1n) is 12.1. The van der Waals surface area contributed by atoms with Gasteiger partial charge in [0.25, 0.3) is 0 Å². The van der Waals surface area contributed by atoms with Crippen molar-refractivity contribution >= 4 is 16.7 Å². The molecule has 8 heteroatoms. The summed E-state index contributed by atoms with van der Waals surface area (Å²) in [6.07, 6.45) is 4.18. The van der Waals surface area contributed by atoms with Crippen LogP contribution in [0, 0.1) is 0 Å². The first-order chi connectivity index (χ1) is 16.8. The number of hydrogen-bond acceptors (Lipinski definition) is 8. The summed E-state index contributed by atoms with van der Waals surface area (Å²) in [6.45, 7) is 2.97. The van der Waals surface area contributed by atoms with E-state index in [1.54, 1.807) is 44.2 Å². The lowest BCUT2D eigenvalue weighted by atomic mass is 9.95. The van der Waals surface area contributed by atoms with Crippen LogP contribution in [0.4, 0.5) is 5.69 Å². The van der Waals surface area contributed by atoms with E-state index in [9.17, 15) is 15.0 Å². The summed E-state index contributed by atoms with van der Waals surface area (Å²) >= 11 is 0. The van der Waals surface area contributed by atoms with Gasteiger partial charge in [-0.15, -0.1) is 0 Å². The zero-order valence-electron chi connectivity index (χ0n) is 20.0. The summed E-state index contributed by atoms with van der Waals surface area (Å²) in [7, 11) is 0. The largest absolute Gasteiger partial charge is 0.489 e. The molecule has 1 aliphatic heterocycles. The number of rotatable bonds is 7. The van der Waals surface area contributed by atoms with Gasteiger partial charge in [0.1, 0.15) is 40.9 Å². The minimum absolute atomic E-state index is 0.00443. The van der Waals surface area contributed by atoms with Gasteiger partial charge in [-0.25, -0.2) is 0 Å². The van der Waals surface area contributed by atoms with Crippen molar-refractivity contribution in [3.05, 3.63) is 63.0 Å². The van der Waals surface area contributed by atoms with E-state index < -0.39 is 18.3 Å². The van der Waals surface area contributed by atoms with Crippen molar-refractivity contribution in [2.75, 3.05) is 5.48 Å². The molecule has 1 aromatic heterocycles. The SMILES string of the molecule is CC(C)(O)[C@@H]1Cc2c(cc3oc(CO)c(Cc4ccc(NO)cc4)c(=O)c3c2OC2CCCC2)O1. The van der Waals surface area contributed by atoms with E-state index in [2.05, 4.69) is 5.48 Å². The Bertz CT molecular complexity index is 1280. The Labute approximate surface area is 203 Å². The Balaban J connectivity index is 1.66. The monoisotopic (exact) mass is 481 g/mol. The Hall–Kier alpha value is -3.07. The minimum Gasteiger partial charge on any atom is -0.489 e. The predicted octanol–water partition coefficient (Wildman–Crippen LogP) is 4.07. The number of anilines is 1. The molecule has 1 aliphatic carbocycles. The highest BCUT2D eigenvalue weighted by atomic mass is 16.5. The van der Waals surface area contributed by atoms with Gasteiger partial charge in [-0.2, -0.15) is 0 Å². The molecule has 186 valence electrons. The van der Waals surface area contributed by atoms with Gasteiger partial charge in [0.2, 0.25) is 0 Å². The van der Waals surface area contributed by atoms with Gasteiger partial charge >= 0.3 is 0 Å². The first-order valence-corrected chi connectivity index (χ1v) is 12.1. The summed E-state index contributed by atoms with van der Waals surface area (Å²) in [4.78, 5) is 13.9. The Morgan fingerprint density at radius 2 is 1.89 bits per heavy atom. The fraction of sp³-hybridized carbons (Fsp3) is 0.444. The second-order valence-electron chi connectivity index (χ2n) is 10.0. The van der Waals surface area contributed by atoms with Crippen LogP contribution in [0.25, 0.3) is 11.0 Å². The van der Waals surface area contributed by atoms with E-state index in [1.165, 1.54) is 0 Å². The summed E-state index contributed by atoms with van der Waals surface area (Å²) in [5.74, 6) is 1.19. The van der Waals surface area contributed by atoms with Gasteiger partial charge in [0, 0.05) is 30.0 Å². The molecule has 1 atom stereocenters. The van der Waals surface area contributed by atoms with E-state index in [4.69, 9.17) is 19.1 Å². The summed E-state index contributed by atoms with van der Waals surface area (Å²) in [5, 5.41) is 30.0. The molecule has 1 saturated carbocycles. The van der Waals surface area contributed by atoms with Crippen molar-refractivity contribution < 1.29 is 29.3 Å². The maximum atomic E-state index is 13.9. The standard InChI is InChI=1S/C27H31NO7/c1-27(2,31)23-12-19-20(35-23)13-21-24(26(19)33-17-5-3-4-6-17)25(30)18(22(14-29)34-21)11-15-7-9-16(28-32)10-8-15/h7-10,13,17,23,28-29,31-32H,3-6,11-12,14H2,1-2H3/t23-/m0/s1. The molecule has 2 heterocycles. The molecule has 0 amide bonds. The summed E-state index contributed by atoms with van der Waals surface area (Å²) < 4.78 is 18.6. The molecular weight excluding hydrogens is 450 g/mol. The predicted molar refractivity (Wildman–Crippen MR) is 130 cm³/mol. The van der Waals surface area contributed by atoms with E-state index in [0.29, 0.717) is 40.1 Å². The van der Waals surface area contributed by atoms with Gasteiger partial charge in [-0.1, -0.05) is 12.1 Å². The summed E-state index contributed by atoms with van der Waals surface area (Å²) in [6, 6.07) is 8.66. The maximum Gasteiger partial charge on any atom is 0.200 e. The molecule has 0 spiro atoms. The molecule has 1 fully saturated rings. The molecule has 5 rings (SSSR count). The van der Waals surface area contributed by atoms with Crippen molar-refractivity contribution in [2.24, 2.45) is 0 Å². The van der Waals surface area contributed by atoms with Crippen LogP contribution in [0.15, 0.2) is 39.5 Å². The highest BCUT2D eigenvalue weighted by Gasteiger charge is 2.38. The molecule has 4 N–H and O–H groups in total. The number of aliphatic hydroxyl groups excluding tert-OH is 1. The highest BCUT2D eigenvalue weighted by Crippen LogP contribution is 2.44. The van der Waals surface area contributed by atoms with E-state index >= 15 is 0 Å². The zero-order chi connectivity index (χ0) is 24.7. The van der Waals surface area contributed by atoms with Crippen LogP contribution in [-0.2, 0) is 19.4 Å². The third-order valence-corrected chi connectivity index (χ3v) is 7.02. The molecule has 8 nitrogen and oxygen atoms in total. The number of ether oxygens (including phenoxy) is 2. The van der Waals surface area contributed by atoms with Crippen molar-refractivity contribution in [1.82, 2.24) is 0 Å². The van der Waals surface area contributed by atoms with Gasteiger partial charge in [-0.05, 0) is 57.2 Å². The molecule has 0 unspecified atom stereocenters. The Morgan fingerprint density at radius 1 is 1.17 bits per heavy atom. The van der Waals surface area contributed by atoms with Gasteiger partial charge in [0.05, 0.1) is 17.4 Å². The van der Waals surface area contributed by atoms with Crippen molar-refractivity contribution in [2.45, 2.75) is 76.8 Å². The fourth-order valence-corrected chi connectivity index (χ4v) is 5.00. The van der Waals surface area contributed by atoms with Gasteiger partial charge in [-0.3, -0.25) is 15.5 Å². The highest BCUT2D eigenvalue weighted by molar-refractivity contribution is 5.88. The topological polar surface area (TPSA) is 121 Å². The van der Waals surface area contributed by atoms with Crippen LogP contribution < -0.4 is 20.4 Å². The number of nitrogens with one attached hydrogen (secondary N) is 1. The van der Waals surface area contributed by atoms with Gasteiger partial charge < -0.3 is 24.1 Å². The molecule has 35 heavy (non-hydrogen) atoms. The van der Waals surface area contributed by atoms with Gasteiger partial charge in [0.15, 0.2) is 5.43 Å². The summed E-state index contributed by atoms with van der Waals surface area (Å²) in [5.41, 5.74) is 3.55. The smallest absolute Gasteiger partial charge is 0.200 e. The molecular formula is C27H31NO7. The number of fused-ring (bicyclic) bond motifs is 2. The maximum absolute atomic E-state index is 13.9. The van der Waals surface area contributed by atoms with Crippen molar-refractivity contribution in [3.63, 3.8) is 0 Å². The Kier molecular flexibility index (Phi) is 6.21. The normalized spacial score (nSPS) is 18.0. The van der Waals surface area contributed by atoms with Crippen LogP contribution in [0.2, 0.25) is 0 Å². The zero-order valence-corrected chi connectivity index (χ0v) is 20.0. The van der Waals surface area contributed by atoms with Crippen LogP contribution in [0.5, 0.6) is 11.5 Å². The molecule has 0 saturated heterocycles.